The summed E-state index contributed by atoms with van der Waals surface area (Å²) < 4.78 is 5.45. The third-order valence-electron chi connectivity index (χ3n) is 3.85. The van der Waals surface area contributed by atoms with Crippen LogP contribution in [0, 0.1) is 11.3 Å². The van der Waals surface area contributed by atoms with Gasteiger partial charge in [-0.15, -0.1) is 0 Å². The van der Waals surface area contributed by atoms with Gasteiger partial charge < -0.3 is 4.74 Å². The molecule has 1 fully saturated rings. The normalized spacial score (nSPS) is 17.8. The number of ether oxygens (including phenoxy) is 1. The molecule has 0 bridgehead atoms. The van der Waals surface area contributed by atoms with E-state index < -0.39 is 0 Å². The average Bonchev–Trinajstić information content (AvgIpc) is 2.33. The average molecular weight is 228 g/mol. The highest BCUT2D eigenvalue weighted by molar-refractivity contribution is 4.83. The summed E-state index contributed by atoms with van der Waals surface area (Å²) >= 11 is 0. The molecule has 0 atom stereocenters. The molecule has 1 heterocycles. The fraction of sp³-hybridized carbons (Fsp3) is 1.00. The minimum Gasteiger partial charge on any atom is -0.381 e. The smallest absolute Gasteiger partial charge is 0.0468 e. The summed E-state index contributed by atoms with van der Waals surface area (Å²) in [6, 6.07) is 0. The lowest BCUT2D eigenvalue weighted by Gasteiger charge is -2.40. The van der Waals surface area contributed by atoms with Gasteiger partial charge in [0.1, 0.15) is 0 Å². The van der Waals surface area contributed by atoms with Crippen LogP contribution in [-0.2, 0) is 4.74 Å². The first-order chi connectivity index (χ1) is 7.73. The van der Waals surface area contributed by atoms with Crippen molar-refractivity contribution in [1.29, 1.82) is 0 Å². The standard InChI is InChI=1S/C13H26O.C2H6/c1-4-8-13(3,9-5-2)12-6-10-14-11-7-12;1-2/h12H,4-11H2,1-3H3;1-2H3. The molecule has 0 amide bonds. The van der Waals surface area contributed by atoms with Gasteiger partial charge in [-0.05, 0) is 37.0 Å². The van der Waals surface area contributed by atoms with Crippen LogP contribution in [0.1, 0.15) is 73.1 Å². The topological polar surface area (TPSA) is 9.23 Å². The number of rotatable bonds is 5. The fourth-order valence-electron chi connectivity index (χ4n) is 3.07. The summed E-state index contributed by atoms with van der Waals surface area (Å²) in [6.45, 7) is 13.1. The first-order valence-electron chi connectivity index (χ1n) is 7.30. The van der Waals surface area contributed by atoms with E-state index >= 15 is 0 Å². The summed E-state index contributed by atoms with van der Waals surface area (Å²) in [5, 5.41) is 0. The van der Waals surface area contributed by atoms with Gasteiger partial charge in [0, 0.05) is 13.2 Å². The van der Waals surface area contributed by atoms with E-state index in [0.717, 1.165) is 19.1 Å². The van der Waals surface area contributed by atoms with Crippen molar-refractivity contribution in [1.82, 2.24) is 0 Å². The van der Waals surface area contributed by atoms with Crippen LogP contribution in [0.4, 0.5) is 0 Å². The van der Waals surface area contributed by atoms with Crippen LogP contribution in [0.5, 0.6) is 0 Å². The van der Waals surface area contributed by atoms with Crippen molar-refractivity contribution in [2.45, 2.75) is 73.1 Å². The van der Waals surface area contributed by atoms with E-state index in [1.165, 1.54) is 38.5 Å². The quantitative estimate of drug-likeness (QED) is 0.640. The molecule has 0 radical (unpaired) electrons. The van der Waals surface area contributed by atoms with E-state index in [-0.39, 0.29) is 0 Å². The predicted molar refractivity (Wildman–Crippen MR) is 72.8 cm³/mol. The van der Waals surface area contributed by atoms with Gasteiger partial charge in [0.25, 0.3) is 0 Å². The van der Waals surface area contributed by atoms with E-state index in [2.05, 4.69) is 20.8 Å². The van der Waals surface area contributed by atoms with Crippen LogP contribution in [0.3, 0.4) is 0 Å². The summed E-state index contributed by atoms with van der Waals surface area (Å²) in [5.41, 5.74) is 0.591. The lowest BCUT2D eigenvalue weighted by molar-refractivity contribution is 0.00851. The Morgan fingerprint density at radius 2 is 1.44 bits per heavy atom. The monoisotopic (exact) mass is 228 g/mol. The molecule has 0 aliphatic carbocycles. The minimum absolute atomic E-state index is 0.591. The molecular weight excluding hydrogens is 196 g/mol. The molecule has 0 saturated carbocycles. The molecule has 1 nitrogen and oxygen atoms in total. The number of hydrogen-bond donors (Lipinski definition) is 0. The van der Waals surface area contributed by atoms with Crippen molar-refractivity contribution in [2.75, 3.05) is 13.2 Å². The zero-order valence-electron chi connectivity index (χ0n) is 12.1. The maximum Gasteiger partial charge on any atom is 0.0468 e. The second kappa shape index (κ2) is 9.04. The molecular formula is C15H32O. The van der Waals surface area contributed by atoms with E-state index in [4.69, 9.17) is 4.74 Å². The molecule has 1 saturated heterocycles. The molecule has 0 aromatic rings. The molecule has 1 aliphatic rings. The SMILES string of the molecule is CC.CCCC(C)(CCC)C1CCOCC1. The van der Waals surface area contributed by atoms with Gasteiger partial charge in [-0.1, -0.05) is 47.5 Å². The zero-order chi connectivity index (χ0) is 12.4. The maximum absolute atomic E-state index is 5.45. The van der Waals surface area contributed by atoms with Crippen LogP contribution in [-0.4, -0.2) is 13.2 Å². The van der Waals surface area contributed by atoms with Crippen molar-refractivity contribution in [3.05, 3.63) is 0 Å². The molecule has 98 valence electrons. The summed E-state index contributed by atoms with van der Waals surface area (Å²) in [7, 11) is 0. The maximum atomic E-state index is 5.45. The van der Waals surface area contributed by atoms with E-state index in [0.29, 0.717) is 5.41 Å². The second-order valence-electron chi connectivity index (χ2n) is 5.04. The van der Waals surface area contributed by atoms with Gasteiger partial charge in [0.2, 0.25) is 0 Å². The summed E-state index contributed by atoms with van der Waals surface area (Å²) in [5.74, 6) is 0.913. The van der Waals surface area contributed by atoms with Crippen LogP contribution in [0.2, 0.25) is 0 Å². The van der Waals surface area contributed by atoms with Gasteiger partial charge in [-0.3, -0.25) is 0 Å². The van der Waals surface area contributed by atoms with Crippen LogP contribution >= 0.6 is 0 Å². The molecule has 0 unspecified atom stereocenters. The number of hydrogen-bond acceptors (Lipinski definition) is 1. The molecule has 16 heavy (non-hydrogen) atoms. The highest BCUT2D eigenvalue weighted by Crippen LogP contribution is 2.42. The van der Waals surface area contributed by atoms with Crippen LogP contribution in [0.25, 0.3) is 0 Å². The van der Waals surface area contributed by atoms with Crippen LogP contribution < -0.4 is 0 Å². The Morgan fingerprint density at radius 3 is 1.81 bits per heavy atom. The predicted octanol–water partition coefficient (Wildman–Crippen LogP) is 5.05. The van der Waals surface area contributed by atoms with Crippen molar-refractivity contribution >= 4 is 0 Å². The van der Waals surface area contributed by atoms with Gasteiger partial charge in [-0.2, -0.15) is 0 Å². The summed E-state index contributed by atoms with van der Waals surface area (Å²) in [6.07, 6.45) is 8.02. The molecule has 1 heteroatoms. The van der Waals surface area contributed by atoms with Crippen molar-refractivity contribution in [3.63, 3.8) is 0 Å². The van der Waals surface area contributed by atoms with Gasteiger partial charge in [0.15, 0.2) is 0 Å². The Balaban J connectivity index is 0.00000106. The van der Waals surface area contributed by atoms with Crippen molar-refractivity contribution < 1.29 is 4.74 Å². The first-order valence-corrected chi connectivity index (χ1v) is 7.30. The summed E-state index contributed by atoms with van der Waals surface area (Å²) in [4.78, 5) is 0. The Morgan fingerprint density at radius 1 is 1.00 bits per heavy atom. The third kappa shape index (κ3) is 4.86. The third-order valence-corrected chi connectivity index (χ3v) is 3.85. The molecule has 0 aromatic carbocycles. The van der Waals surface area contributed by atoms with Gasteiger partial charge >= 0.3 is 0 Å². The zero-order valence-corrected chi connectivity index (χ0v) is 12.1. The molecule has 0 spiro atoms. The molecule has 1 rings (SSSR count). The molecule has 0 N–H and O–H groups in total. The van der Waals surface area contributed by atoms with Gasteiger partial charge in [-0.25, -0.2) is 0 Å². The Hall–Kier alpha value is -0.0400. The minimum atomic E-state index is 0.591. The van der Waals surface area contributed by atoms with Gasteiger partial charge in [0.05, 0.1) is 0 Å². The Bertz CT molecular complexity index is 142. The highest BCUT2D eigenvalue weighted by atomic mass is 16.5. The lowest BCUT2D eigenvalue weighted by atomic mass is 9.68. The first kappa shape index (κ1) is 16.0. The fourth-order valence-corrected chi connectivity index (χ4v) is 3.07. The van der Waals surface area contributed by atoms with E-state index in [9.17, 15) is 0 Å². The van der Waals surface area contributed by atoms with E-state index in [1.807, 2.05) is 13.8 Å². The van der Waals surface area contributed by atoms with Crippen molar-refractivity contribution in [2.24, 2.45) is 11.3 Å². The van der Waals surface area contributed by atoms with Crippen molar-refractivity contribution in [3.8, 4) is 0 Å². The van der Waals surface area contributed by atoms with Crippen LogP contribution in [0.15, 0.2) is 0 Å². The second-order valence-corrected chi connectivity index (χ2v) is 5.04. The largest absolute Gasteiger partial charge is 0.381 e. The molecule has 1 aliphatic heterocycles. The van der Waals surface area contributed by atoms with E-state index in [1.54, 1.807) is 0 Å². The Kier molecular flexibility index (Phi) is 9.02. The lowest BCUT2D eigenvalue weighted by Crippen LogP contribution is -2.32. The Labute approximate surface area is 103 Å². The highest BCUT2D eigenvalue weighted by Gasteiger charge is 2.33. The molecule has 0 aromatic heterocycles.